The molecule has 0 atom stereocenters. The van der Waals surface area contributed by atoms with Crippen molar-refractivity contribution in [3.63, 3.8) is 0 Å². The van der Waals surface area contributed by atoms with E-state index < -0.39 is 0 Å². The highest BCUT2D eigenvalue weighted by Crippen LogP contribution is 2.35. The lowest BCUT2D eigenvalue weighted by atomic mass is 9.97. The Balaban J connectivity index is 0.00000200. The molecule has 0 N–H and O–H groups in total. The van der Waals surface area contributed by atoms with Gasteiger partial charge in [0.1, 0.15) is 0 Å². The Bertz CT molecular complexity index is 456. The van der Waals surface area contributed by atoms with Gasteiger partial charge in [0.25, 0.3) is 0 Å². The first kappa shape index (κ1) is 18.3. The molecule has 1 aromatic rings. The third-order valence-electron chi connectivity index (χ3n) is 3.42. The van der Waals surface area contributed by atoms with Crippen LogP contribution in [-0.2, 0) is 0 Å². The second kappa shape index (κ2) is 8.66. The molecule has 112 valence electrons. The second-order valence-corrected chi connectivity index (χ2v) is 6.12. The molecule has 0 spiro atoms. The number of rotatable bonds is 2. The van der Waals surface area contributed by atoms with Gasteiger partial charge in [-0.05, 0) is 19.1 Å². The Kier molecular flexibility index (Phi) is 7.93. The molecule has 0 saturated carbocycles. The number of pyridine rings is 1. The Morgan fingerprint density at radius 1 is 1.30 bits per heavy atom. The van der Waals surface area contributed by atoms with Crippen LogP contribution in [0.3, 0.4) is 0 Å². The average Bonchev–Trinajstić information content (AvgIpc) is 2.41. The summed E-state index contributed by atoms with van der Waals surface area (Å²) in [4.78, 5) is 10.6. The van der Waals surface area contributed by atoms with Crippen molar-refractivity contribution in [2.75, 3.05) is 31.3 Å². The summed E-state index contributed by atoms with van der Waals surface area (Å²) >= 11 is 14.1. The van der Waals surface area contributed by atoms with Crippen LogP contribution in [0, 0.1) is 5.92 Å². The lowest BCUT2D eigenvalue weighted by molar-refractivity contribution is 0.506. The van der Waals surface area contributed by atoms with E-state index >= 15 is 0 Å². The smallest absolute Gasteiger partial charge is 0.0838 e. The summed E-state index contributed by atoms with van der Waals surface area (Å²) in [6.07, 6.45) is 7.56. The Morgan fingerprint density at radius 3 is 2.30 bits per heavy atom. The maximum absolute atomic E-state index is 6.20. The molecule has 2 rings (SSSR count). The maximum atomic E-state index is 6.20. The molecule has 20 heavy (non-hydrogen) atoms. The number of hydrogen-bond acceptors (Lipinski definition) is 4. The summed E-state index contributed by atoms with van der Waals surface area (Å²) in [5.74, 6) is 0.565. The van der Waals surface area contributed by atoms with E-state index in [4.69, 9.17) is 23.2 Å². The molecule has 3 nitrogen and oxygen atoms in total. The largest absolute Gasteiger partial charge is 0.369 e. The Morgan fingerprint density at radius 2 is 1.85 bits per heavy atom. The quantitative estimate of drug-likeness (QED) is 0.378. The molecule has 1 fully saturated rings. The predicted molar refractivity (Wildman–Crippen MR) is 101 cm³/mol. The number of nitrogens with zero attached hydrogens (tertiary/aromatic N) is 3. The third-order valence-corrected chi connectivity index (χ3v) is 4.91. The SMILES string of the molecule is CN=C(SC)C1CCN(c2c(Cl)cncc2Cl)CC1.I. The van der Waals surface area contributed by atoms with Crippen LogP contribution in [0.4, 0.5) is 5.69 Å². The van der Waals surface area contributed by atoms with Crippen molar-refractivity contribution in [2.45, 2.75) is 12.8 Å². The molecule has 1 saturated heterocycles. The molecular formula is C13H18Cl2IN3S. The first-order valence-electron chi connectivity index (χ1n) is 6.22. The van der Waals surface area contributed by atoms with E-state index in [2.05, 4.69) is 21.1 Å². The van der Waals surface area contributed by atoms with Crippen LogP contribution in [0.25, 0.3) is 0 Å². The number of thioether (sulfide) groups is 1. The fourth-order valence-corrected chi connectivity index (χ4v) is 3.85. The molecule has 0 radical (unpaired) electrons. The van der Waals surface area contributed by atoms with Crippen molar-refractivity contribution in [1.29, 1.82) is 0 Å². The van der Waals surface area contributed by atoms with Gasteiger partial charge in [-0.2, -0.15) is 0 Å². The summed E-state index contributed by atoms with van der Waals surface area (Å²) in [5, 5.41) is 2.49. The lowest BCUT2D eigenvalue weighted by Gasteiger charge is -2.34. The van der Waals surface area contributed by atoms with Crippen molar-refractivity contribution >= 4 is 69.7 Å². The first-order valence-corrected chi connectivity index (χ1v) is 8.20. The summed E-state index contributed by atoms with van der Waals surface area (Å²) < 4.78 is 0. The lowest BCUT2D eigenvalue weighted by Crippen LogP contribution is -2.36. The van der Waals surface area contributed by atoms with Gasteiger partial charge in [-0.1, -0.05) is 23.2 Å². The zero-order chi connectivity index (χ0) is 13.8. The van der Waals surface area contributed by atoms with Gasteiger partial charge in [-0.3, -0.25) is 9.98 Å². The molecule has 1 aliphatic rings. The van der Waals surface area contributed by atoms with E-state index in [9.17, 15) is 0 Å². The van der Waals surface area contributed by atoms with Gasteiger partial charge in [0.15, 0.2) is 0 Å². The van der Waals surface area contributed by atoms with Crippen molar-refractivity contribution in [1.82, 2.24) is 4.98 Å². The van der Waals surface area contributed by atoms with Crippen molar-refractivity contribution in [3.8, 4) is 0 Å². The maximum Gasteiger partial charge on any atom is 0.0838 e. The van der Waals surface area contributed by atoms with Crippen molar-refractivity contribution < 1.29 is 0 Å². The minimum Gasteiger partial charge on any atom is -0.369 e. The molecule has 0 amide bonds. The van der Waals surface area contributed by atoms with Gasteiger partial charge in [-0.15, -0.1) is 35.7 Å². The van der Waals surface area contributed by atoms with Crippen molar-refractivity contribution in [2.24, 2.45) is 10.9 Å². The number of halogens is 3. The second-order valence-electron chi connectivity index (χ2n) is 4.48. The van der Waals surface area contributed by atoms with Crippen LogP contribution in [-0.4, -0.2) is 36.4 Å². The van der Waals surface area contributed by atoms with Gasteiger partial charge in [0.05, 0.1) is 20.8 Å². The standard InChI is InChI=1S/C13H17Cl2N3S.HI/c1-16-13(19-2)9-3-5-18(6-4-9)12-10(14)7-17-8-11(12)15;/h7-9H,3-6H2,1-2H3;1H. The van der Waals surface area contributed by atoms with Crippen LogP contribution < -0.4 is 4.90 Å². The molecule has 1 aliphatic heterocycles. The van der Waals surface area contributed by atoms with Gasteiger partial charge >= 0.3 is 0 Å². The fourth-order valence-electron chi connectivity index (χ4n) is 2.50. The first-order chi connectivity index (χ1) is 9.17. The highest BCUT2D eigenvalue weighted by atomic mass is 127. The Hall–Kier alpha value is 0.280. The monoisotopic (exact) mass is 445 g/mol. The number of anilines is 1. The van der Waals surface area contributed by atoms with E-state index in [1.54, 1.807) is 24.2 Å². The molecule has 0 bridgehead atoms. The molecule has 7 heteroatoms. The van der Waals surface area contributed by atoms with Crippen LogP contribution in [0.5, 0.6) is 0 Å². The number of hydrogen-bond donors (Lipinski definition) is 0. The van der Waals surface area contributed by atoms with Crippen molar-refractivity contribution in [3.05, 3.63) is 22.4 Å². The molecule has 0 unspecified atom stereocenters. The van der Waals surface area contributed by atoms with E-state index in [-0.39, 0.29) is 24.0 Å². The summed E-state index contributed by atoms with van der Waals surface area (Å²) in [6, 6.07) is 0. The van der Waals surface area contributed by atoms with E-state index in [1.165, 1.54) is 5.04 Å². The highest BCUT2D eigenvalue weighted by Gasteiger charge is 2.25. The molecule has 1 aromatic heterocycles. The van der Waals surface area contributed by atoms with Crippen LogP contribution >= 0.6 is 58.9 Å². The van der Waals surface area contributed by atoms with E-state index in [1.807, 2.05) is 7.05 Å². The average molecular weight is 446 g/mol. The number of piperidine rings is 1. The molecule has 0 aliphatic carbocycles. The number of aliphatic imine (C=N–C) groups is 1. The minimum atomic E-state index is 0. The predicted octanol–water partition coefficient (Wildman–Crippen LogP) is 4.61. The molecular weight excluding hydrogens is 428 g/mol. The highest BCUT2D eigenvalue weighted by molar-refractivity contribution is 14.0. The van der Waals surface area contributed by atoms with Gasteiger partial charge in [0, 0.05) is 38.4 Å². The third kappa shape index (κ3) is 4.15. The minimum absolute atomic E-state index is 0. The van der Waals surface area contributed by atoms with Gasteiger partial charge in [-0.25, -0.2) is 0 Å². The topological polar surface area (TPSA) is 28.5 Å². The summed E-state index contributed by atoms with van der Waals surface area (Å²) in [6.45, 7) is 1.90. The normalized spacial score (nSPS) is 17.0. The summed E-state index contributed by atoms with van der Waals surface area (Å²) in [7, 11) is 1.87. The molecule has 2 heterocycles. The zero-order valence-electron chi connectivity index (χ0n) is 11.5. The zero-order valence-corrected chi connectivity index (χ0v) is 16.1. The fraction of sp³-hybridized carbons (Fsp3) is 0.538. The van der Waals surface area contributed by atoms with Crippen LogP contribution in [0.2, 0.25) is 10.0 Å². The van der Waals surface area contributed by atoms with Gasteiger partial charge < -0.3 is 4.90 Å². The number of aromatic nitrogens is 1. The Labute approximate surface area is 151 Å². The molecule has 0 aromatic carbocycles. The summed E-state index contributed by atoms with van der Waals surface area (Å²) in [5.41, 5.74) is 0.913. The van der Waals surface area contributed by atoms with Crippen LogP contribution in [0.1, 0.15) is 12.8 Å². The van der Waals surface area contributed by atoms with E-state index in [0.29, 0.717) is 16.0 Å². The van der Waals surface area contributed by atoms with E-state index in [0.717, 1.165) is 31.6 Å². The van der Waals surface area contributed by atoms with Crippen LogP contribution in [0.15, 0.2) is 17.4 Å². The van der Waals surface area contributed by atoms with Gasteiger partial charge in [0.2, 0.25) is 0 Å².